The summed E-state index contributed by atoms with van der Waals surface area (Å²) in [4.78, 5) is 2.44. The summed E-state index contributed by atoms with van der Waals surface area (Å²) in [6.07, 6.45) is 6.94. The first-order valence-electron chi connectivity index (χ1n) is 11.5. The highest BCUT2D eigenvalue weighted by Gasteiger charge is 2.30. The Morgan fingerprint density at radius 3 is 2.24 bits per heavy atom. The summed E-state index contributed by atoms with van der Waals surface area (Å²) in [5.74, 6) is 1.83. The quantitative estimate of drug-likeness (QED) is 0.712. The number of likely N-dealkylation sites (tertiary alicyclic amines) is 1. The van der Waals surface area contributed by atoms with Crippen molar-refractivity contribution in [3.63, 3.8) is 0 Å². The van der Waals surface area contributed by atoms with Crippen molar-refractivity contribution < 1.29 is 9.84 Å². The third-order valence-electron chi connectivity index (χ3n) is 7.04. The highest BCUT2D eigenvalue weighted by Crippen LogP contribution is 2.39. The van der Waals surface area contributed by atoms with Crippen molar-refractivity contribution in [1.29, 1.82) is 0 Å². The summed E-state index contributed by atoms with van der Waals surface area (Å²) < 4.78 is 6.35. The van der Waals surface area contributed by atoms with E-state index in [1.54, 1.807) is 0 Å². The fourth-order valence-corrected chi connectivity index (χ4v) is 5.02. The van der Waals surface area contributed by atoms with Crippen LogP contribution in [-0.2, 0) is 6.54 Å². The number of rotatable bonds is 4. The molecule has 0 atom stereocenters. The predicted octanol–water partition coefficient (Wildman–Crippen LogP) is 5.78. The molecule has 0 spiro atoms. The molecule has 0 bridgehead atoms. The van der Waals surface area contributed by atoms with Crippen LogP contribution in [0.25, 0.3) is 10.8 Å². The lowest BCUT2D eigenvalue weighted by Crippen LogP contribution is -2.35. The van der Waals surface area contributed by atoms with Gasteiger partial charge in [-0.25, -0.2) is 0 Å². The molecule has 0 aromatic heterocycles. The van der Waals surface area contributed by atoms with E-state index in [4.69, 9.17) is 4.74 Å². The summed E-state index contributed by atoms with van der Waals surface area (Å²) >= 11 is 0. The number of aliphatic hydroxyl groups excluding tert-OH is 1. The number of aliphatic hydroxyl groups is 1. The minimum atomic E-state index is -0.107. The highest BCUT2D eigenvalue weighted by molar-refractivity contribution is 5.84. The Kier molecular flexibility index (Phi) is 6.17. The van der Waals surface area contributed by atoms with E-state index in [-0.39, 0.29) is 6.10 Å². The van der Waals surface area contributed by atoms with E-state index in [2.05, 4.69) is 62.1 Å². The molecule has 2 aliphatic rings. The monoisotopic (exact) mass is 395 g/mol. The lowest BCUT2D eigenvalue weighted by Gasteiger charge is -2.37. The maximum Gasteiger partial charge on any atom is 0.120 e. The van der Waals surface area contributed by atoms with Crippen LogP contribution < -0.4 is 4.74 Å². The molecule has 29 heavy (non-hydrogen) atoms. The number of fused-ring (bicyclic) bond motifs is 1. The average Bonchev–Trinajstić information content (AvgIpc) is 2.69. The van der Waals surface area contributed by atoms with Crippen LogP contribution >= 0.6 is 0 Å². The first kappa shape index (κ1) is 20.7. The molecule has 0 amide bonds. The Morgan fingerprint density at radius 1 is 0.897 bits per heavy atom. The van der Waals surface area contributed by atoms with Gasteiger partial charge in [0.05, 0.1) is 12.2 Å². The molecule has 1 saturated heterocycles. The molecule has 2 aromatic rings. The average molecular weight is 396 g/mol. The number of piperidine rings is 1. The van der Waals surface area contributed by atoms with Crippen molar-refractivity contribution in [2.24, 2.45) is 11.3 Å². The maximum atomic E-state index is 9.69. The van der Waals surface area contributed by atoms with Crippen LogP contribution in [-0.4, -0.2) is 35.3 Å². The predicted molar refractivity (Wildman–Crippen MR) is 120 cm³/mol. The fraction of sp³-hybridized carbons (Fsp3) is 0.615. The Labute approximate surface area is 176 Å². The topological polar surface area (TPSA) is 32.7 Å². The van der Waals surface area contributed by atoms with Crippen LogP contribution in [0.3, 0.4) is 0 Å². The van der Waals surface area contributed by atoms with Crippen molar-refractivity contribution in [2.75, 3.05) is 13.1 Å². The first-order valence-corrected chi connectivity index (χ1v) is 11.5. The van der Waals surface area contributed by atoms with Gasteiger partial charge in [-0.3, -0.25) is 4.90 Å². The van der Waals surface area contributed by atoms with Crippen molar-refractivity contribution >= 4 is 10.8 Å². The molecule has 3 nitrogen and oxygen atoms in total. The maximum absolute atomic E-state index is 9.69. The zero-order valence-corrected chi connectivity index (χ0v) is 18.4. The minimum absolute atomic E-state index is 0.107. The molecule has 1 N–H and O–H groups in total. The SMILES string of the molecule is CC(C)(C)C1CCC(Oc2ccc3cc(CN4CCC(O)CC4)ccc3c2)CC1. The second kappa shape index (κ2) is 8.65. The van der Waals surface area contributed by atoms with Gasteiger partial charge in [-0.05, 0) is 84.4 Å². The van der Waals surface area contributed by atoms with Gasteiger partial charge >= 0.3 is 0 Å². The third-order valence-corrected chi connectivity index (χ3v) is 7.04. The van der Waals surface area contributed by atoms with Gasteiger partial charge in [-0.2, -0.15) is 0 Å². The van der Waals surface area contributed by atoms with E-state index in [1.807, 2.05) is 0 Å². The third kappa shape index (κ3) is 5.32. The van der Waals surface area contributed by atoms with E-state index in [1.165, 1.54) is 42.0 Å². The standard InChI is InChI=1S/C26H37NO2/c1-26(2,3)22-7-10-24(11-8-22)29-25-9-6-20-16-19(4-5-21(20)17-25)18-27-14-12-23(28)13-15-27/h4-6,9,16-17,22-24,28H,7-8,10-15,18H2,1-3H3. The number of hydrogen-bond donors (Lipinski definition) is 1. The van der Waals surface area contributed by atoms with Crippen LogP contribution in [0.4, 0.5) is 0 Å². The van der Waals surface area contributed by atoms with Crippen LogP contribution in [0.5, 0.6) is 5.75 Å². The highest BCUT2D eigenvalue weighted by atomic mass is 16.5. The molecule has 0 unspecified atom stereocenters. The molecular formula is C26H37NO2. The second-order valence-electron chi connectivity index (χ2n) is 10.3. The second-order valence-corrected chi connectivity index (χ2v) is 10.3. The molecule has 4 rings (SSSR count). The molecule has 1 aliphatic carbocycles. The van der Waals surface area contributed by atoms with Crippen molar-refractivity contribution in [2.45, 2.75) is 78.0 Å². The number of hydrogen-bond acceptors (Lipinski definition) is 3. The van der Waals surface area contributed by atoms with E-state index in [0.29, 0.717) is 11.5 Å². The molecular weight excluding hydrogens is 358 g/mol. The number of benzene rings is 2. The summed E-state index contributed by atoms with van der Waals surface area (Å²) in [6, 6.07) is 13.3. The molecule has 1 heterocycles. The van der Waals surface area contributed by atoms with Gasteiger partial charge in [0.1, 0.15) is 5.75 Å². The molecule has 3 heteroatoms. The smallest absolute Gasteiger partial charge is 0.120 e. The molecule has 1 aliphatic heterocycles. The van der Waals surface area contributed by atoms with Crippen LogP contribution in [0.1, 0.15) is 64.9 Å². The van der Waals surface area contributed by atoms with Gasteiger partial charge in [-0.15, -0.1) is 0 Å². The van der Waals surface area contributed by atoms with Crippen molar-refractivity contribution in [3.8, 4) is 5.75 Å². The summed E-state index contributed by atoms with van der Waals surface area (Å²) in [6.45, 7) is 10.0. The molecule has 158 valence electrons. The molecule has 2 fully saturated rings. The van der Waals surface area contributed by atoms with Crippen LogP contribution in [0.15, 0.2) is 36.4 Å². The zero-order chi connectivity index (χ0) is 20.4. The van der Waals surface area contributed by atoms with E-state index < -0.39 is 0 Å². The van der Waals surface area contributed by atoms with Gasteiger partial charge in [0.25, 0.3) is 0 Å². The largest absolute Gasteiger partial charge is 0.490 e. The van der Waals surface area contributed by atoms with Gasteiger partial charge < -0.3 is 9.84 Å². The Morgan fingerprint density at radius 2 is 1.55 bits per heavy atom. The van der Waals surface area contributed by atoms with Gasteiger partial charge in [0.15, 0.2) is 0 Å². The minimum Gasteiger partial charge on any atom is -0.490 e. The lowest BCUT2D eigenvalue weighted by molar-refractivity contribution is 0.0792. The first-order chi connectivity index (χ1) is 13.9. The van der Waals surface area contributed by atoms with Crippen molar-refractivity contribution in [1.82, 2.24) is 4.90 Å². The number of ether oxygens (including phenoxy) is 1. The molecule has 1 saturated carbocycles. The zero-order valence-electron chi connectivity index (χ0n) is 18.4. The van der Waals surface area contributed by atoms with Gasteiger partial charge in [0, 0.05) is 19.6 Å². The Bertz CT molecular complexity index is 809. The normalized spacial score (nSPS) is 24.7. The molecule has 2 aromatic carbocycles. The lowest BCUT2D eigenvalue weighted by atomic mass is 9.72. The summed E-state index contributed by atoms with van der Waals surface area (Å²) in [7, 11) is 0. The number of nitrogens with zero attached hydrogens (tertiary/aromatic N) is 1. The summed E-state index contributed by atoms with van der Waals surface area (Å²) in [5.41, 5.74) is 1.77. The fourth-order valence-electron chi connectivity index (χ4n) is 5.02. The Balaban J connectivity index is 1.36. The van der Waals surface area contributed by atoms with Gasteiger partial charge in [0.2, 0.25) is 0 Å². The van der Waals surface area contributed by atoms with Crippen LogP contribution in [0.2, 0.25) is 0 Å². The Hall–Kier alpha value is -1.58. The summed E-state index contributed by atoms with van der Waals surface area (Å²) in [5, 5.41) is 12.2. The van der Waals surface area contributed by atoms with Crippen molar-refractivity contribution in [3.05, 3.63) is 42.0 Å². The molecule has 0 radical (unpaired) electrons. The van der Waals surface area contributed by atoms with E-state index >= 15 is 0 Å². The van der Waals surface area contributed by atoms with Crippen LogP contribution in [0, 0.1) is 11.3 Å². The van der Waals surface area contributed by atoms with E-state index in [0.717, 1.165) is 44.1 Å². The van der Waals surface area contributed by atoms with Gasteiger partial charge in [-0.1, -0.05) is 39.0 Å². The van der Waals surface area contributed by atoms with E-state index in [9.17, 15) is 5.11 Å².